The molecule has 1 aliphatic rings. The van der Waals surface area contributed by atoms with Crippen LogP contribution in [0.15, 0.2) is 35.4 Å². The minimum Gasteiger partial charge on any atom is -0.487 e. The van der Waals surface area contributed by atoms with Crippen LogP contribution in [-0.4, -0.2) is 52.4 Å². The maximum Gasteiger partial charge on any atom is 0.362 e. The zero-order valence-electron chi connectivity index (χ0n) is 20.0. The van der Waals surface area contributed by atoms with Crippen LogP contribution in [0.25, 0.3) is 11.1 Å². The first kappa shape index (κ1) is 24.8. The van der Waals surface area contributed by atoms with Gasteiger partial charge in [-0.1, -0.05) is 19.4 Å². The normalized spacial score (nSPS) is 13.8. The zero-order chi connectivity index (χ0) is 25.7. The molecular weight excluding hydrogens is 467 g/mol. The Bertz CT molecular complexity index is 1340. The lowest BCUT2D eigenvalue weighted by Gasteiger charge is -2.32. The predicted molar refractivity (Wildman–Crippen MR) is 128 cm³/mol. The van der Waals surface area contributed by atoms with E-state index in [0.717, 1.165) is 24.5 Å². The quantitative estimate of drug-likeness (QED) is 0.494. The Hall–Kier alpha value is -4.33. The van der Waals surface area contributed by atoms with Gasteiger partial charge in [-0.05, 0) is 29.7 Å². The number of esters is 1. The first-order chi connectivity index (χ1) is 17.4. The van der Waals surface area contributed by atoms with Crippen molar-refractivity contribution >= 4 is 11.9 Å². The van der Waals surface area contributed by atoms with E-state index in [1.54, 1.807) is 6.07 Å². The van der Waals surface area contributed by atoms with Gasteiger partial charge in [-0.25, -0.2) is 24.3 Å². The summed E-state index contributed by atoms with van der Waals surface area (Å²) in [6.45, 7) is 3.30. The van der Waals surface area contributed by atoms with Gasteiger partial charge in [0, 0.05) is 38.3 Å². The second-order valence-corrected chi connectivity index (χ2v) is 8.35. The van der Waals surface area contributed by atoms with Crippen molar-refractivity contribution in [2.45, 2.75) is 38.7 Å². The van der Waals surface area contributed by atoms with E-state index in [1.807, 2.05) is 17.3 Å². The number of carbonyl (C=O) groups excluding carboxylic acids is 1. The first-order valence-corrected chi connectivity index (χ1v) is 11.6. The topological polar surface area (TPSA) is 134 Å². The number of aromatic nitrogens is 4. The minimum atomic E-state index is -0.811. The van der Waals surface area contributed by atoms with E-state index in [1.165, 1.54) is 19.2 Å². The van der Waals surface area contributed by atoms with Crippen LogP contribution in [-0.2, 0) is 11.2 Å². The van der Waals surface area contributed by atoms with E-state index < -0.39 is 17.3 Å². The summed E-state index contributed by atoms with van der Waals surface area (Å²) in [5.74, 6) is -1.06. The Balaban J connectivity index is 1.60. The van der Waals surface area contributed by atoms with Crippen LogP contribution in [0.4, 0.5) is 10.3 Å². The summed E-state index contributed by atoms with van der Waals surface area (Å²) in [5.41, 5.74) is 0.105. The van der Waals surface area contributed by atoms with Gasteiger partial charge in [-0.15, -0.1) is 0 Å². The molecule has 0 aliphatic carbocycles. The molecular formula is C25H25FN6O4. The third-order valence-electron chi connectivity index (χ3n) is 5.94. The third kappa shape index (κ3) is 5.17. The molecule has 1 saturated heterocycles. The number of hydrogen-bond acceptors (Lipinski definition) is 9. The van der Waals surface area contributed by atoms with Crippen LogP contribution >= 0.6 is 0 Å². The maximum absolute atomic E-state index is 14.4. The maximum atomic E-state index is 14.4. The Morgan fingerprint density at radius 2 is 2.00 bits per heavy atom. The summed E-state index contributed by atoms with van der Waals surface area (Å²) >= 11 is 0. The van der Waals surface area contributed by atoms with Gasteiger partial charge in [0.2, 0.25) is 11.6 Å². The lowest BCUT2D eigenvalue weighted by Crippen LogP contribution is -2.39. The Kier molecular flexibility index (Phi) is 7.53. The van der Waals surface area contributed by atoms with Crippen molar-refractivity contribution < 1.29 is 18.7 Å². The number of ether oxygens (including phenoxy) is 2. The van der Waals surface area contributed by atoms with Gasteiger partial charge in [0.15, 0.2) is 5.75 Å². The number of piperidine rings is 1. The van der Waals surface area contributed by atoms with Crippen LogP contribution in [0.3, 0.4) is 0 Å². The lowest BCUT2D eigenvalue weighted by molar-refractivity contribution is 0.0582. The standard InChI is InChI=1S/C25H25FN6O4/c1-3-4-15-13-28-25(29-14-15)32-9-7-18(8-10-32)36-22-20(16-5-6-17(12-27)19(26)11-16)23(33)31-30-21(22)24(34)35-2/h5-6,11,13-14,18H,3-4,7-10H2,1-2H3,(H,31,33). The number of methoxy groups -OCH3 is 1. The molecule has 4 rings (SSSR count). The number of aryl methyl sites for hydroxylation is 1. The average Bonchev–Trinajstić information content (AvgIpc) is 2.89. The number of nitriles is 1. The van der Waals surface area contributed by atoms with E-state index >= 15 is 0 Å². The highest BCUT2D eigenvalue weighted by atomic mass is 19.1. The summed E-state index contributed by atoms with van der Waals surface area (Å²) in [4.78, 5) is 36.2. The van der Waals surface area contributed by atoms with Crippen LogP contribution < -0.4 is 15.2 Å². The number of aromatic amines is 1. The number of nitrogens with one attached hydrogen (secondary N) is 1. The van der Waals surface area contributed by atoms with Crippen molar-refractivity contribution in [3.8, 4) is 22.9 Å². The number of anilines is 1. The van der Waals surface area contributed by atoms with Gasteiger partial charge in [0.25, 0.3) is 5.56 Å². The Labute approximate surface area is 206 Å². The number of rotatable bonds is 7. The van der Waals surface area contributed by atoms with Crippen molar-refractivity contribution in [1.82, 2.24) is 20.2 Å². The molecule has 1 N–H and O–H groups in total. The Morgan fingerprint density at radius 3 is 2.61 bits per heavy atom. The Morgan fingerprint density at radius 1 is 1.28 bits per heavy atom. The molecule has 3 aromatic rings. The van der Waals surface area contributed by atoms with Gasteiger partial charge in [-0.3, -0.25) is 4.79 Å². The smallest absolute Gasteiger partial charge is 0.362 e. The number of benzene rings is 1. The van der Waals surface area contributed by atoms with E-state index in [4.69, 9.17) is 14.7 Å². The highest BCUT2D eigenvalue weighted by Gasteiger charge is 2.29. The predicted octanol–water partition coefficient (Wildman–Crippen LogP) is 3.02. The first-order valence-electron chi connectivity index (χ1n) is 11.6. The monoisotopic (exact) mass is 492 g/mol. The summed E-state index contributed by atoms with van der Waals surface area (Å²) in [7, 11) is 1.18. The zero-order valence-corrected chi connectivity index (χ0v) is 20.0. The molecule has 0 bridgehead atoms. The number of nitrogens with zero attached hydrogens (tertiary/aromatic N) is 5. The molecule has 0 saturated carbocycles. The van der Waals surface area contributed by atoms with Crippen molar-refractivity contribution in [2.75, 3.05) is 25.1 Å². The number of carbonyl (C=O) groups is 1. The fourth-order valence-electron chi connectivity index (χ4n) is 4.08. The molecule has 10 nitrogen and oxygen atoms in total. The molecule has 36 heavy (non-hydrogen) atoms. The average molecular weight is 493 g/mol. The summed E-state index contributed by atoms with van der Waals surface area (Å²) in [6.07, 6.45) is 6.39. The van der Waals surface area contributed by atoms with Crippen LogP contribution in [0.1, 0.15) is 47.8 Å². The third-order valence-corrected chi connectivity index (χ3v) is 5.94. The fraction of sp³-hybridized carbons (Fsp3) is 0.360. The molecule has 1 aromatic carbocycles. The van der Waals surface area contributed by atoms with Crippen molar-refractivity contribution in [2.24, 2.45) is 0 Å². The van der Waals surface area contributed by atoms with Crippen molar-refractivity contribution in [1.29, 1.82) is 5.26 Å². The van der Waals surface area contributed by atoms with Crippen LogP contribution in [0, 0.1) is 17.1 Å². The van der Waals surface area contributed by atoms with E-state index in [-0.39, 0.29) is 34.2 Å². The SMILES string of the molecule is CCCc1cnc(N2CCC(Oc3c(C(=O)OC)n[nH]c(=O)c3-c3ccc(C#N)c(F)c3)CC2)nc1. The molecule has 2 aromatic heterocycles. The van der Waals surface area contributed by atoms with Gasteiger partial charge < -0.3 is 14.4 Å². The molecule has 0 atom stereocenters. The molecule has 1 aliphatic heterocycles. The van der Waals surface area contributed by atoms with Gasteiger partial charge in [0.1, 0.15) is 18.0 Å². The molecule has 0 spiro atoms. The summed E-state index contributed by atoms with van der Waals surface area (Å²) < 4.78 is 25.3. The largest absolute Gasteiger partial charge is 0.487 e. The van der Waals surface area contributed by atoms with Crippen LogP contribution in [0.2, 0.25) is 0 Å². The molecule has 1 fully saturated rings. The fourth-order valence-corrected chi connectivity index (χ4v) is 4.08. The van der Waals surface area contributed by atoms with Crippen molar-refractivity contribution in [3.63, 3.8) is 0 Å². The molecule has 0 amide bonds. The number of halogens is 1. The highest BCUT2D eigenvalue weighted by Crippen LogP contribution is 2.33. The number of H-pyrrole nitrogens is 1. The van der Waals surface area contributed by atoms with E-state index in [0.29, 0.717) is 31.9 Å². The van der Waals surface area contributed by atoms with E-state index in [9.17, 15) is 14.0 Å². The lowest BCUT2D eigenvalue weighted by atomic mass is 10.0. The van der Waals surface area contributed by atoms with Gasteiger partial charge >= 0.3 is 5.97 Å². The molecule has 186 valence electrons. The van der Waals surface area contributed by atoms with Crippen molar-refractivity contribution in [3.05, 3.63) is 63.6 Å². The molecule has 0 radical (unpaired) electrons. The summed E-state index contributed by atoms with van der Waals surface area (Å²) in [6, 6.07) is 5.47. The van der Waals surface area contributed by atoms with Gasteiger partial charge in [-0.2, -0.15) is 10.4 Å². The summed E-state index contributed by atoms with van der Waals surface area (Å²) in [5, 5.41) is 15.1. The van der Waals surface area contributed by atoms with Gasteiger partial charge in [0.05, 0.1) is 18.2 Å². The highest BCUT2D eigenvalue weighted by molar-refractivity contribution is 5.93. The minimum absolute atomic E-state index is 0.0638. The number of hydrogen-bond donors (Lipinski definition) is 1. The molecule has 0 unspecified atom stereocenters. The second kappa shape index (κ2) is 10.9. The molecule has 11 heteroatoms. The van der Waals surface area contributed by atoms with E-state index in [2.05, 4.69) is 27.1 Å². The second-order valence-electron chi connectivity index (χ2n) is 8.35. The van der Waals surface area contributed by atoms with Crippen LogP contribution in [0.5, 0.6) is 5.75 Å². The molecule has 3 heterocycles.